The highest BCUT2D eigenvalue weighted by Crippen LogP contribution is 2.35. The Labute approximate surface area is 116 Å². The molecule has 2 aromatic carbocycles. The molecular weight excluding hydrogens is 267 g/mol. The maximum absolute atomic E-state index is 13.7. The number of aliphatic hydroxyl groups is 1. The van der Waals surface area contributed by atoms with Gasteiger partial charge in [0.1, 0.15) is 17.3 Å². The van der Waals surface area contributed by atoms with Gasteiger partial charge in [-0.25, -0.2) is 4.39 Å². The number of hydrogen-bond acceptors (Lipinski definition) is 2. The summed E-state index contributed by atoms with van der Waals surface area (Å²) in [5.74, 6) is 0.202. The molecule has 0 bridgehead atoms. The first-order chi connectivity index (χ1) is 8.99. The van der Waals surface area contributed by atoms with E-state index in [1.54, 1.807) is 18.2 Å². The van der Waals surface area contributed by atoms with E-state index in [4.69, 9.17) is 16.3 Å². The minimum absolute atomic E-state index is 0.125. The first kappa shape index (κ1) is 13.8. The molecule has 0 saturated carbocycles. The number of hydrogen-bond donors (Lipinski definition) is 1. The first-order valence-corrected chi connectivity index (χ1v) is 6.27. The normalized spacial score (nSPS) is 12.3. The van der Waals surface area contributed by atoms with Crippen molar-refractivity contribution < 1.29 is 14.2 Å². The molecule has 0 spiro atoms. The summed E-state index contributed by atoms with van der Waals surface area (Å²) < 4.78 is 19.3. The quantitative estimate of drug-likeness (QED) is 0.888. The lowest BCUT2D eigenvalue weighted by atomic mass is 10.1. The highest BCUT2D eigenvalue weighted by atomic mass is 35.5. The summed E-state index contributed by atoms with van der Waals surface area (Å²) in [6.07, 6.45) is -0.959. The molecule has 2 rings (SSSR count). The molecule has 0 radical (unpaired) electrons. The molecule has 2 nitrogen and oxygen atoms in total. The van der Waals surface area contributed by atoms with E-state index in [1.807, 2.05) is 13.0 Å². The summed E-state index contributed by atoms with van der Waals surface area (Å²) in [6, 6.07) is 9.75. The number of rotatable bonds is 3. The third-order valence-corrected chi connectivity index (χ3v) is 3.05. The number of aryl methyl sites for hydroxylation is 1. The van der Waals surface area contributed by atoms with Crippen LogP contribution in [0.1, 0.15) is 24.2 Å². The highest BCUT2D eigenvalue weighted by molar-refractivity contribution is 6.32. The number of halogens is 2. The Balaban J connectivity index is 2.44. The van der Waals surface area contributed by atoms with Gasteiger partial charge in [0.15, 0.2) is 0 Å². The topological polar surface area (TPSA) is 29.5 Å². The Kier molecular flexibility index (Phi) is 4.08. The molecule has 19 heavy (non-hydrogen) atoms. The standard InChI is InChI=1S/C15H14ClFO2/c1-9-6-7-11(16)14(8-9)19-13-5-3-4-12(17)15(13)10(2)18/h3-8,10,18H,1-2H3. The number of benzene rings is 2. The minimum atomic E-state index is -0.959. The molecule has 4 heteroatoms. The van der Waals surface area contributed by atoms with Crippen molar-refractivity contribution in [2.45, 2.75) is 20.0 Å². The van der Waals surface area contributed by atoms with Gasteiger partial charge in [0.25, 0.3) is 0 Å². The molecule has 2 aromatic rings. The predicted octanol–water partition coefficient (Wildman–Crippen LogP) is 4.63. The molecule has 0 aliphatic rings. The molecule has 0 heterocycles. The lowest BCUT2D eigenvalue weighted by Crippen LogP contribution is -2.00. The summed E-state index contributed by atoms with van der Waals surface area (Å²) in [5, 5.41) is 10.1. The van der Waals surface area contributed by atoms with Gasteiger partial charge in [-0.1, -0.05) is 23.7 Å². The van der Waals surface area contributed by atoms with Crippen LogP contribution in [0.3, 0.4) is 0 Å². The zero-order valence-electron chi connectivity index (χ0n) is 10.7. The van der Waals surface area contributed by atoms with Crippen LogP contribution in [-0.2, 0) is 0 Å². The second-order valence-corrected chi connectivity index (χ2v) is 4.77. The van der Waals surface area contributed by atoms with Crippen molar-refractivity contribution in [3.8, 4) is 11.5 Å². The van der Waals surface area contributed by atoms with Crippen LogP contribution in [-0.4, -0.2) is 5.11 Å². The number of aliphatic hydroxyl groups excluding tert-OH is 1. The van der Waals surface area contributed by atoms with E-state index in [2.05, 4.69) is 0 Å². The van der Waals surface area contributed by atoms with Crippen LogP contribution in [0.4, 0.5) is 4.39 Å². The summed E-state index contributed by atoms with van der Waals surface area (Å²) in [4.78, 5) is 0. The van der Waals surface area contributed by atoms with Crippen LogP contribution in [0, 0.1) is 12.7 Å². The van der Waals surface area contributed by atoms with Crippen molar-refractivity contribution in [3.63, 3.8) is 0 Å². The van der Waals surface area contributed by atoms with Crippen LogP contribution in [0.25, 0.3) is 0 Å². The first-order valence-electron chi connectivity index (χ1n) is 5.89. The summed E-state index contributed by atoms with van der Waals surface area (Å²) >= 11 is 6.04. The van der Waals surface area contributed by atoms with Crippen molar-refractivity contribution in [1.82, 2.24) is 0 Å². The molecule has 100 valence electrons. The van der Waals surface area contributed by atoms with Crippen LogP contribution in [0.2, 0.25) is 5.02 Å². The Morgan fingerprint density at radius 3 is 2.63 bits per heavy atom. The van der Waals surface area contributed by atoms with Crippen LogP contribution in [0.15, 0.2) is 36.4 Å². The van der Waals surface area contributed by atoms with Crippen LogP contribution < -0.4 is 4.74 Å². The average molecular weight is 281 g/mol. The van der Waals surface area contributed by atoms with E-state index in [9.17, 15) is 9.50 Å². The van der Waals surface area contributed by atoms with E-state index in [1.165, 1.54) is 19.1 Å². The van der Waals surface area contributed by atoms with Crippen molar-refractivity contribution in [3.05, 3.63) is 58.4 Å². The van der Waals surface area contributed by atoms with Crippen LogP contribution >= 0.6 is 11.6 Å². The van der Waals surface area contributed by atoms with E-state index in [0.29, 0.717) is 10.8 Å². The minimum Gasteiger partial charge on any atom is -0.455 e. The second kappa shape index (κ2) is 5.59. The lowest BCUT2D eigenvalue weighted by Gasteiger charge is -2.15. The molecule has 1 atom stereocenters. The van der Waals surface area contributed by atoms with Gasteiger partial charge in [0.05, 0.1) is 16.7 Å². The summed E-state index contributed by atoms with van der Waals surface area (Å²) in [6.45, 7) is 3.40. The Bertz CT molecular complexity index is 597. The third-order valence-electron chi connectivity index (χ3n) is 2.74. The predicted molar refractivity (Wildman–Crippen MR) is 73.3 cm³/mol. The van der Waals surface area contributed by atoms with Gasteiger partial charge < -0.3 is 9.84 Å². The Morgan fingerprint density at radius 2 is 1.95 bits per heavy atom. The zero-order chi connectivity index (χ0) is 14.0. The van der Waals surface area contributed by atoms with Crippen molar-refractivity contribution >= 4 is 11.6 Å². The largest absolute Gasteiger partial charge is 0.455 e. The Morgan fingerprint density at radius 1 is 1.21 bits per heavy atom. The fraction of sp³-hybridized carbons (Fsp3) is 0.200. The molecule has 0 aromatic heterocycles. The van der Waals surface area contributed by atoms with Crippen molar-refractivity contribution in [2.24, 2.45) is 0 Å². The van der Waals surface area contributed by atoms with E-state index in [-0.39, 0.29) is 11.3 Å². The fourth-order valence-corrected chi connectivity index (χ4v) is 1.98. The third kappa shape index (κ3) is 3.06. The summed E-state index contributed by atoms with van der Waals surface area (Å²) in [5.41, 5.74) is 1.11. The molecule has 0 fully saturated rings. The fourth-order valence-electron chi connectivity index (χ4n) is 1.82. The summed E-state index contributed by atoms with van der Waals surface area (Å²) in [7, 11) is 0. The molecule has 1 unspecified atom stereocenters. The van der Waals surface area contributed by atoms with Gasteiger partial charge in [0, 0.05) is 0 Å². The monoisotopic (exact) mass is 280 g/mol. The van der Waals surface area contributed by atoms with Gasteiger partial charge in [-0.2, -0.15) is 0 Å². The molecule has 0 saturated heterocycles. The van der Waals surface area contributed by atoms with Crippen molar-refractivity contribution in [1.29, 1.82) is 0 Å². The number of ether oxygens (including phenoxy) is 1. The zero-order valence-corrected chi connectivity index (χ0v) is 11.4. The van der Waals surface area contributed by atoms with Gasteiger partial charge in [-0.15, -0.1) is 0 Å². The maximum atomic E-state index is 13.7. The SMILES string of the molecule is Cc1ccc(Cl)c(Oc2cccc(F)c2C(C)O)c1. The van der Waals surface area contributed by atoms with E-state index < -0.39 is 11.9 Å². The van der Waals surface area contributed by atoms with E-state index >= 15 is 0 Å². The molecule has 0 aliphatic carbocycles. The average Bonchev–Trinajstić information content (AvgIpc) is 2.33. The smallest absolute Gasteiger partial charge is 0.146 e. The molecule has 1 N–H and O–H groups in total. The maximum Gasteiger partial charge on any atom is 0.146 e. The van der Waals surface area contributed by atoms with Gasteiger partial charge in [-0.3, -0.25) is 0 Å². The van der Waals surface area contributed by atoms with Gasteiger partial charge >= 0.3 is 0 Å². The Hall–Kier alpha value is -1.58. The molecule has 0 aliphatic heterocycles. The van der Waals surface area contributed by atoms with E-state index in [0.717, 1.165) is 5.56 Å². The second-order valence-electron chi connectivity index (χ2n) is 4.36. The highest BCUT2D eigenvalue weighted by Gasteiger charge is 2.16. The molecule has 0 amide bonds. The van der Waals surface area contributed by atoms with Gasteiger partial charge in [0.2, 0.25) is 0 Å². The van der Waals surface area contributed by atoms with Crippen molar-refractivity contribution in [2.75, 3.05) is 0 Å². The lowest BCUT2D eigenvalue weighted by molar-refractivity contribution is 0.190. The molecular formula is C15H14ClFO2. The van der Waals surface area contributed by atoms with Crippen LogP contribution in [0.5, 0.6) is 11.5 Å². The van der Waals surface area contributed by atoms with Gasteiger partial charge in [-0.05, 0) is 43.7 Å².